The van der Waals surface area contributed by atoms with Crippen molar-refractivity contribution in [2.75, 3.05) is 13.1 Å². The highest BCUT2D eigenvalue weighted by molar-refractivity contribution is 6.44. The van der Waals surface area contributed by atoms with Gasteiger partial charge in [0.2, 0.25) is 5.91 Å². The van der Waals surface area contributed by atoms with E-state index in [0.717, 1.165) is 17.5 Å². The number of carbonyl (C=O) groups is 3. The second-order valence-electron chi connectivity index (χ2n) is 6.18. The minimum Gasteiger partial charge on any atom is -0.477 e. The van der Waals surface area contributed by atoms with Crippen molar-refractivity contribution in [1.29, 1.82) is 0 Å². The van der Waals surface area contributed by atoms with Crippen LogP contribution in [-0.4, -0.2) is 47.3 Å². The molecular weight excluding hydrogens is 350 g/mol. The molecule has 1 aromatic rings. The fraction of sp³-hybridized carbons (Fsp3) is 0.375. The zero-order valence-electron chi connectivity index (χ0n) is 13.4. The zero-order chi connectivity index (χ0) is 17.5. The van der Waals surface area contributed by atoms with Crippen LogP contribution < -0.4 is 10.6 Å². The van der Waals surface area contributed by atoms with Crippen molar-refractivity contribution in [1.82, 2.24) is 10.6 Å². The van der Waals surface area contributed by atoms with Gasteiger partial charge in [-0.05, 0) is 36.2 Å². The van der Waals surface area contributed by atoms with Gasteiger partial charge in [-0.15, -0.1) is 0 Å². The van der Waals surface area contributed by atoms with Crippen molar-refractivity contribution >= 4 is 35.2 Å². The number of aliphatic imine (C=N–C) groups is 1. The molecule has 0 fully saturated rings. The topological polar surface area (TPSA) is 139 Å². The summed E-state index contributed by atoms with van der Waals surface area (Å²) in [6.45, 7) is 2.84. The van der Waals surface area contributed by atoms with Crippen molar-refractivity contribution < 1.29 is 25.0 Å². The van der Waals surface area contributed by atoms with E-state index >= 15 is 0 Å². The number of rotatable bonds is 2. The highest BCUT2D eigenvalue weighted by Gasteiger charge is 2.49. The first-order valence-corrected chi connectivity index (χ1v) is 7.87. The Morgan fingerprint density at radius 3 is 2.80 bits per heavy atom. The first-order chi connectivity index (χ1) is 11.3. The molecule has 134 valence electrons. The lowest BCUT2D eigenvalue weighted by molar-refractivity contribution is -0.132. The maximum absolute atomic E-state index is 12.5. The fourth-order valence-electron chi connectivity index (χ4n) is 3.49. The van der Waals surface area contributed by atoms with Gasteiger partial charge in [-0.3, -0.25) is 10.1 Å². The molecule has 1 unspecified atom stereocenters. The SMILES string of the molecule is C[C@]1(C2C(=O)NC(=O)N=C2C(=O)O)CNCCc2ccc(Cl)cc21.O. The molecule has 8 nitrogen and oxygen atoms in total. The molecule has 2 aliphatic rings. The minimum atomic E-state index is -1.38. The maximum atomic E-state index is 12.5. The van der Waals surface area contributed by atoms with Gasteiger partial charge in [0.05, 0.1) is 5.92 Å². The lowest BCUT2D eigenvalue weighted by Gasteiger charge is -2.38. The molecule has 3 rings (SSSR count). The van der Waals surface area contributed by atoms with Crippen molar-refractivity contribution in [2.45, 2.75) is 18.8 Å². The van der Waals surface area contributed by atoms with Crippen LogP contribution in [0.2, 0.25) is 5.02 Å². The number of carboxylic acids is 1. The summed E-state index contributed by atoms with van der Waals surface area (Å²) in [6.07, 6.45) is 0.731. The van der Waals surface area contributed by atoms with Crippen LogP contribution in [-0.2, 0) is 21.4 Å². The van der Waals surface area contributed by atoms with Gasteiger partial charge in [0.25, 0.3) is 0 Å². The molecule has 0 radical (unpaired) electrons. The van der Waals surface area contributed by atoms with Crippen LogP contribution in [0.4, 0.5) is 4.79 Å². The molecule has 0 bridgehead atoms. The van der Waals surface area contributed by atoms with Gasteiger partial charge in [0.1, 0.15) is 5.71 Å². The normalized spacial score (nSPS) is 25.8. The smallest absolute Gasteiger partial charge is 0.351 e. The Labute approximate surface area is 148 Å². The molecule has 25 heavy (non-hydrogen) atoms. The molecule has 0 aliphatic carbocycles. The van der Waals surface area contributed by atoms with Gasteiger partial charge in [0, 0.05) is 17.0 Å². The summed E-state index contributed by atoms with van der Waals surface area (Å²) in [5, 5.41) is 15.3. The number of halogens is 1. The minimum absolute atomic E-state index is 0. The lowest BCUT2D eigenvalue weighted by atomic mass is 9.67. The number of benzene rings is 1. The van der Waals surface area contributed by atoms with Crippen LogP contribution in [0.25, 0.3) is 0 Å². The standard InChI is InChI=1S/C16H16ClN3O4.H2O/c1-16(11-12(14(22)23)19-15(24)20-13(11)21)7-18-5-4-8-2-3-9(17)6-10(8)16;/h2-3,6,11,18H,4-5,7H2,1H3,(H,22,23)(H,20,21,24);1H2/t11?,16-;/m0./s1. The second-order valence-corrected chi connectivity index (χ2v) is 6.61. The summed E-state index contributed by atoms with van der Waals surface area (Å²) in [7, 11) is 0. The van der Waals surface area contributed by atoms with Crippen LogP contribution in [0.1, 0.15) is 18.1 Å². The lowest BCUT2D eigenvalue weighted by Crippen LogP contribution is -2.56. The van der Waals surface area contributed by atoms with E-state index in [1.54, 1.807) is 19.1 Å². The molecule has 3 amide bonds. The summed E-state index contributed by atoms with van der Waals surface area (Å²) in [4.78, 5) is 39.1. The number of imide groups is 1. The molecule has 2 heterocycles. The average molecular weight is 368 g/mol. The number of urea groups is 1. The Bertz CT molecular complexity index is 779. The van der Waals surface area contributed by atoms with E-state index in [1.807, 2.05) is 6.07 Å². The Morgan fingerprint density at radius 2 is 2.12 bits per heavy atom. The highest BCUT2D eigenvalue weighted by Crippen LogP contribution is 2.39. The van der Waals surface area contributed by atoms with Gasteiger partial charge in [-0.2, -0.15) is 4.99 Å². The Balaban J connectivity index is 0.00000225. The molecule has 0 saturated carbocycles. The quantitative estimate of drug-likeness (QED) is 0.690. The number of hydrogen-bond donors (Lipinski definition) is 3. The number of fused-ring (bicyclic) bond motifs is 1. The fourth-order valence-corrected chi connectivity index (χ4v) is 3.66. The molecule has 0 aromatic heterocycles. The predicted octanol–water partition coefficient (Wildman–Crippen LogP) is 0.310. The van der Waals surface area contributed by atoms with Crippen LogP contribution in [0.15, 0.2) is 23.2 Å². The molecule has 0 spiro atoms. The summed E-state index contributed by atoms with van der Waals surface area (Å²) in [5.74, 6) is -3.14. The number of hydrogen-bond acceptors (Lipinski definition) is 4. The number of aliphatic carboxylic acids is 1. The molecule has 9 heteroatoms. The van der Waals surface area contributed by atoms with Crippen LogP contribution in [0.3, 0.4) is 0 Å². The van der Waals surface area contributed by atoms with E-state index in [-0.39, 0.29) is 5.48 Å². The first kappa shape index (κ1) is 19.0. The molecule has 2 atom stereocenters. The van der Waals surface area contributed by atoms with Gasteiger partial charge in [-0.1, -0.05) is 24.6 Å². The third-order valence-electron chi connectivity index (χ3n) is 4.59. The van der Waals surface area contributed by atoms with E-state index in [1.165, 1.54) is 0 Å². The molecule has 1 aromatic carbocycles. The van der Waals surface area contributed by atoms with Gasteiger partial charge in [0.15, 0.2) is 0 Å². The van der Waals surface area contributed by atoms with Crippen LogP contribution >= 0.6 is 11.6 Å². The average Bonchev–Trinajstić information content (AvgIpc) is 2.66. The predicted molar refractivity (Wildman–Crippen MR) is 91.1 cm³/mol. The number of nitrogens with zero attached hydrogens (tertiary/aromatic N) is 1. The van der Waals surface area contributed by atoms with E-state index in [2.05, 4.69) is 15.6 Å². The van der Waals surface area contributed by atoms with Crippen molar-refractivity contribution in [3.63, 3.8) is 0 Å². The Morgan fingerprint density at radius 1 is 1.40 bits per heavy atom. The van der Waals surface area contributed by atoms with E-state index in [9.17, 15) is 19.5 Å². The number of nitrogens with one attached hydrogen (secondary N) is 2. The van der Waals surface area contributed by atoms with Crippen molar-refractivity contribution in [3.8, 4) is 0 Å². The second kappa shape index (κ2) is 6.91. The van der Waals surface area contributed by atoms with Crippen molar-refractivity contribution in [3.05, 3.63) is 34.3 Å². The molecule has 0 saturated heterocycles. The van der Waals surface area contributed by atoms with E-state index < -0.39 is 35.0 Å². The molecule has 5 N–H and O–H groups in total. The van der Waals surface area contributed by atoms with Gasteiger partial charge >= 0.3 is 12.0 Å². The number of amides is 3. The van der Waals surface area contributed by atoms with Gasteiger partial charge < -0.3 is 15.9 Å². The maximum Gasteiger partial charge on any atom is 0.351 e. The van der Waals surface area contributed by atoms with E-state index in [0.29, 0.717) is 18.1 Å². The number of carboxylic acid groups (broad SMARTS) is 1. The summed E-state index contributed by atoms with van der Waals surface area (Å²) >= 11 is 6.13. The van der Waals surface area contributed by atoms with Crippen LogP contribution in [0, 0.1) is 5.92 Å². The third-order valence-corrected chi connectivity index (χ3v) is 4.83. The zero-order valence-corrected chi connectivity index (χ0v) is 14.2. The largest absolute Gasteiger partial charge is 0.477 e. The molecule has 2 aliphatic heterocycles. The van der Waals surface area contributed by atoms with Crippen LogP contribution in [0.5, 0.6) is 0 Å². The summed E-state index contributed by atoms with van der Waals surface area (Å²) < 4.78 is 0. The van der Waals surface area contributed by atoms with E-state index in [4.69, 9.17) is 11.6 Å². The Hall–Kier alpha value is -2.29. The third kappa shape index (κ3) is 3.28. The Kier molecular flexibility index (Phi) is 5.26. The number of carbonyl (C=O) groups excluding carboxylic acids is 2. The summed E-state index contributed by atoms with van der Waals surface area (Å²) in [5.41, 5.74) is 0.435. The highest BCUT2D eigenvalue weighted by atomic mass is 35.5. The summed E-state index contributed by atoms with van der Waals surface area (Å²) in [6, 6.07) is 4.45. The first-order valence-electron chi connectivity index (χ1n) is 7.49. The van der Waals surface area contributed by atoms with Gasteiger partial charge in [-0.25, -0.2) is 9.59 Å². The van der Waals surface area contributed by atoms with Crippen molar-refractivity contribution in [2.24, 2.45) is 10.9 Å². The monoisotopic (exact) mass is 367 g/mol. The molecular formula is C16H18ClN3O5.